The summed E-state index contributed by atoms with van der Waals surface area (Å²) in [7, 11) is 0. The molecule has 1 aromatic carbocycles. The van der Waals surface area contributed by atoms with Gasteiger partial charge in [0.1, 0.15) is 18.7 Å². The van der Waals surface area contributed by atoms with Crippen LogP contribution in [-0.2, 0) is 19.1 Å². The Bertz CT molecular complexity index is 840. The van der Waals surface area contributed by atoms with Crippen molar-refractivity contribution in [2.24, 2.45) is 5.92 Å². The molecule has 2 heterocycles. The van der Waals surface area contributed by atoms with E-state index in [1.54, 1.807) is 13.0 Å². The van der Waals surface area contributed by atoms with Crippen molar-refractivity contribution in [1.29, 1.82) is 0 Å². The Morgan fingerprint density at radius 3 is 2.58 bits per heavy atom. The van der Waals surface area contributed by atoms with Crippen LogP contribution in [0.25, 0.3) is 0 Å². The van der Waals surface area contributed by atoms with Gasteiger partial charge in [0.25, 0.3) is 5.91 Å². The summed E-state index contributed by atoms with van der Waals surface area (Å²) < 4.78 is 10.8. The van der Waals surface area contributed by atoms with Gasteiger partial charge in [0, 0.05) is 25.2 Å². The highest BCUT2D eigenvalue weighted by Gasteiger charge is 2.35. The van der Waals surface area contributed by atoms with E-state index in [9.17, 15) is 14.4 Å². The third kappa shape index (κ3) is 6.52. The van der Waals surface area contributed by atoms with Gasteiger partial charge in [0.2, 0.25) is 5.91 Å². The summed E-state index contributed by atoms with van der Waals surface area (Å²) in [5.41, 5.74) is 1.40. The quantitative estimate of drug-likeness (QED) is 0.574. The molecule has 3 atom stereocenters. The van der Waals surface area contributed by atoms with Gasteiger partial charge < -0.3 is 25.1 Å². The van der Waals surface area contributed by atoms with Gasteiger partial charge in [-0.2, -0.15) is 0 Å². The summed E-state index contributed by atoms with van der Waals surface area (Å²) in [5.74, 6) is -0.664. The number of Topliss-reactive ketones (excluding diaryl/α,β-unsaturated/α-hetero) is 1. The molecule has 0 saturated carbocycles. The van der Waals surface area contributed by atoms with Crippen molar-refractivity contribution in [2.75, 3.05) is 44.5 Å². The average molecular weight is 461 g/mol. The van der Waals surface area contributed by atoms with Crippen molar-refractivity contribution in [3.05, 3.63) is 29.8 Å². The van der Waals surface area contributed by atoms with Crippen LogP contribution in [-0.4, -0.2) is 80.2 Å². The van der Waals surface area contributed by atoms with Gasteiger partial charge >= 0.3 is 0 Å². The molecular weight excluding hydrogens is 424 g/mol. The number of benzene rings is 1. The number of rotatable bonds is 9. The number of hydrogen-bond acceptors (Lipinski definition) is 7. The van der Waals surface area contributed by atoms with Crippen molar-refractivity contribution in [3.63, 3.8) is 0 Å². The van der Waals surface area contributed by atoms with Gasteiger partial charge in [-0.25, -0.2) is 5.01 Å². The van der Waals surface area contributed by atoms with Gasteiger partial charge in [-0.15, -0.1) is 0 Å². The number of carbonyl (C=O) groups is 3. The first-order valence-corrected chi connectivity index (χ1v) is 11.8. The highest BCUT2D eigenvalue weighted by Crippen LogP contribution is 2.20. The van der Waals surface area contributed by atoms with E-state index in [2.05, 4.69) is 27.6 Å². The number of hydrazine groups is 1. The predicted molar refractivity (Wildman–Crippen MR) is 125 cm³/mol. The lowest BCUT2D eigenvalue weighted by Gasteiger charge is -2.38. The first-order valence-electron chi connectivity index (χ1n) is 11.8. The normalized spacial score (nSPS) is 22.3. The highest BCUT2D eigenvalue weighted by molar-refractivity contribution is 5.99. The molecule has 1 aromatic rings. The molecule has 2 aliphatic heterocycles. The zero-order valence-corrected chi connectivity index (χ0v) is 20.0. The Labute approximate surface area is 195 Å². The molecular formula is C24H36N4O5. The summed E-state index contributed by atoms with van der Waals surface area (Å²) in [6.45, 7) is 11.5. The molecule has 3 rings (SSSR count). The monoisotopic (exact) mass is 460 g/mol. The molecule has 0 bridgehead atoms. The molecule has 182 valence electrons. The van der Waals surface area contributed by atoms with Crippen LogP contribution in [0.3, 0.4) is 0 Å². The summed E-state index contributed by atoms with van der Waals surface area (Å²) in [6, 6.07) is 5.98. The number of anilines is 1. The Hall–Kier alpha value is -2.49. The van der Waals surface area contributed by atoms with Gasteiger partial charge in [-0.05, 0) is 44.4 Å². The largest absolute Gasteiger partial charge is 0.379 e. The molecule has 33 heavy (non-hydrogen) atoms. The number of amides is 2. The maximum absolute atomic E-state index is 13.1. The fourth-order valence-corrected chi connectivity index (χ4v) is 4.21. The number of ketones is 1. The smallest absolute Gasteiger partial charge is 0.252 e. The first kappa shape index (κ1) is 25.1. The van der Waals surface area contributed by atoms with E-state index in [0.29, 0.717) is 25.2 Å². The number of carbonyl (C=O) groups excluding carboxylic acids is 3. The Morgan fingerprint density at radius 2 is 1.97 bits per heavy atom. The van der Waals surface area contributed by atoms with E-state index in [0.717, 1.165) is 25.3 Å². The minimum absolute atomic E-state index is 0.00279. The summed E-state index contributed by atoms with van der Waals surface area (Å²) in [5, 5.41) is 10.0. The first-order chi connectivity index (χ1) is 15.8. The molecule has 0 spiro atoms. The van der Waals surface area contributed by atoms with Crippen LogP contribution in [0.1, 0.15) is 44.5 Å². The van der Waals surface area contributed by atoms with Crippen LogP contribution >= 0.6 is 0 Å². The summed E-state index contributed by atoms with van der Waals surface area (Å²) >= 11 is 0. The number of nitrogens with one attached hydrogen (secondary N) is 2. The van der Waals surface area contributed by atoms with Crippen LogP contribution < -0.4 is 15.6 Å². The van der Waals surface area contributed by atoms with Gasteiger partial charge in [-0.3, -0.25) is 14.4 Å². The molecule has 2 N–H and O–H groups in total. The zero-order valence-electron chi connectivity index (χ0n) is 20.0. The number of ether oxygens (including phenoxy) is 2. The maximum atomic E-state index is 13.1. The second kappa shape index (κ2) is 11.6. The van der Waals surface area contributed by atoms with E-state index in [-0.39, 0.29) is 36.2 Å². The predicted octanol–water partition coefficient (Wildman–Crippen LogP) is 1.38. The highest BCUT2D eigenvalue weighted by atomic mass is 16.5. The SMILES string of the molecule is CCN(c1cccc(C(=O)NC(CC(C)C)C(=O)NC2C(=O)COC2C)c1)N1CCOCC1. The van der Waals surface area contributed by atoms with Crippen molar-refractivity contribution < 1.29 is 23.9 Å². The van der Waals surface area contributed by atoms with E-state index in [1.165, 1.54) is 0 Å². The molecule has 2 saturated heterocycles. The molecule has 0 aromatic heterocycles. The van der Waals surface area contributed by atoms with Crippen molar-refractivity contribution >= 4 is 23.3 Å². The van der Waals surface area contributed by atoms with E-state index in [1.807, 2.05) is 32.0 Å². The lowest BCUT2D eigenvalue weighted by molar-refractivity contribution is -0.127. The average Bonchev–Trinajstić information content (AvgIpc) is 3.11. The van der Waals surface area contributed by atoms with Crippen LogP contribution in [0.4, 0.5) is 5.69 Å². The lowest BCUT2D eigenvalue weighted by atomic mass is 10.0. The van der Waals surface area contributed by atoms with Crippen molar-refractivity contribution in [2.45, 2.75) is 52.3 Å². The molecule has 2 amide bonds. The molecule has 0 radical (unpaired) electrons. The number of nitrogens with zero attached hydrogens (tertiary/aromatic N) is 2. The Kier molecular flexibility index (Phi) is 8.82. The Balaban J connectivity index is 1.71. The van der Waals surface area contributed by atoms with Gasteiger partial charge in [-0.1, -0.05) is 19.9 Å². The van der Waals surface area contributed by atoms with E-state index in [4.69, 9.17) is 9.47 Å². The topological polar surface area (TPSA) is 100 Å². The number of morpholine rings is 1. The third-order valence-electron chi connectivity index (χ3n) is 5.97. The molecule has 9 heteroatoms. The molecule has 0 aliphatic carbocycles. The van der Waals surface area contributed by atoms with Crippen LogP contribution in [0.5, 0.6) is 0 Å². The molecule has 2 aliphatic rings. The molecule has 2 fully saturated rings. The zero-order chi connectivity index (χ0) is 24.0. The van der Waals surface area contributed by atoms with Gasteiger partial charge in [0.15, 0.2) is 5.78 Å². The van der Waals surface area contributed by atoms with E-state index < -0.39 is 12.1 Å². The lowest BCUT2D eigenvalue weighted by Crippen LogP contribution is -2.53. The minimum atomic E-state index is -0.747. The molecule has 3 unspecified atom stereocenters. The van der Waals surface area contributed by atoms with Gasteiger partial charge in [0.05, 0.1) is 25.0 Å². The molecule has 9 nitrogen and oxygen atoms in total. The minimum Gasteiger partial charge on any atom is -0.379 e. The van der Waals surface area contributed by atoms with Crippen LogP contribution in [0, 0.1) is 5.92 Å². The summed E-state index contributed by atoms with van der Waals surface area (Å²) in [4.78, 5) is 38.1. The third-order valence-corrected chi connectivity index (χ3v) is 5.97. The Morgan fingerprint density at radius 1 is 1.24 bits per heavy atom. The van der Waals surface area contributed by atoms with Crippen molar-refractivity contribution in [3.8, 4) is 0 Å². The van der Waals surface area contributed by atoms with Crippen molar-refractivity contribution in [1.82, 2.24) is 15.6 Å². The second-order valence-corrected chi connectivity index (χ2v) is 8.96. The second-order valence-electron chi connectivity index (χ2n) is 8.96. The van der Waals surface area contributed by atoms with E-state index >= 15 is 0 Å². The fourth-order valence-electron chi connectivity index (χ4n) is 4.21. The standard InChI is InChI=1S/C24H36N4O5/c1-5-28(27-9-11-32-12-10-27)19-8-6-7-18(14-19)23(30)25-20(13-16(2)3)24(31)26-22-17(4)33-15-21(22)29/h6-8,14,16-17,20,22H,5,9-13,15H2,1-4H3,(H,25,30)(H,26,31). The number of hydrogen-bond donors (Lipinski definition) is 2. The van der Waals surface area contributed by atoms with Crippen LogP contribution in [0.2, 0.25) is 0 Å². The van der Waals surface area contributed by atoms with Crippen LogP contribution in [0.15, 0.2) is 24.3 Å². The summed E-state index contributed by atoms with van der Waals surface area (Å²) in [6.07, 6.45) is 0.0798. The fraction of sp³-hybridized carbons (Fsp3) is 0.625. The maximum Gasteiger partial charge on any atom is 0.252 e.